The Balaban J connectivity index is 2.04. The quantitative estimate of drug-likeness (QED) is 0.746. The van der Waals surface area contributed by atoms with Crippen molar-refractivity contribution in [3.8, 4) is 0 Å². The van der Waals surface area contributed by atoms with Crippen LogP contribution in [0, 0.1) is 0 Å². The Morgan fingerprint density at radius 2 is 2.19 bits per heavy atom. The van der Waals surface area contributed by atoms with E-state index >= 15 is 0 Å². The molecular weight excluding hydrogens is 204 g/mol. The lowest BCUT2D eigenvalue weighted by Crippen LogP contribution is -2.43. The number of aromatic amines is 1. The van der Waals surface area contributed by atoms with E-state index in [0.29, 0.717) is 13.2 Å². The second kappa shape index (κ2) is 3.54. The van der Waals surface area contributed by atoms with Crippen molar-refractivity contribution in [1.82, 2.24) is 15.0 Å². The third kappa shape index (κ3) is 1.48. The van der Waals surface area contributed by atoms with Gasteiger partial charge < -0.3 is 15.5 Å². The number of hydrogen-bond acceptors (Lipinski definition) is 4. The molecule has 5 nitrogen and oxygen atoms in total. The topological polar surface area (TPSA) is 76.8 Å². The monoisotopic (exact) mass is 218 g/mol. The number of rotatable bonds is 1. The Morgan fingerprint density at radius 3 is 2.94 bits per heavy atom. The summed E-state index contributed by atoms with van der Waals surface area (Å²) in [7, 11) is 0. The first kappa shape index (κ1) is 9.74. The molecule has 1 aliphatic heterocycles. The maximum Gasteiger partial charge on any atom is 0.127 e. The van der Waals surface area contributed by atoms with Crippen LogP contribution in [0.4, 0.5) is 0 Å². The van der Waals surface area contributed by atoms with Gasteiger partial charge in [0.05, 0.1) is 22.8 Å². The Bertz CT molecular complexity index is 468. The third-order valence-corrected chi connectivity index (χ3v) is 3.14. The van der Waals surface area contributed by atoms with E-state index in [2.05, 4.69) is 15.0 Å². The first-order valence-corrected chi connectivity index (χ1v) is 5.45. The van der Waals surface area contributed by atoms with Gasteiger partial charge >= 0.3 is 0 Å². The summed E-state index contributed by atoms with van der Waals surface area (Å²) in [6.45, 7) is 1.40. The number of aromatic nitrogens is 3. The summed E-state index contributed by atoms with van der Waals surface area (Å²) in [5.74, 6) is 0.846. The standard InChI is InChI=1S/C11H14N4O/c12-11(2-5-16-6-3-11)10-14-8-1-4-13-7-9(8)15-10/h1,4,7H,2-3,5-6,12H2,(H,14,15). The Morgan fingerprint density at radius 1 is 1.38 bits per heavy atom. The smallest absolute Gasteiger partial charge is 0.127 e. The van der Waals surface area contributed by atoms with E-state index in [1.165, 1.54) is 0 Å². The van der Waals surface area contributed by atoms with Gasteiger partial charge in [0.2, 0.25) is 0 Å². The van der Waals surface area contributed by atoms with E-state index in [4.69, 9.17) is 10.5 Å². The molecule has 2 aromatic rings. The zero-order valence-electron chi connectivity index (χ0n) is 8.94. The van der Waals surface area contributed by atoms with Crippen LogP contribution in [0.5, 0.6) is 0 Å². The molecule has 0 atom stereocenters. The first-order valence-electron chi connectivity index (χ1n) is 5.45. The Hall–Kier alpha value is -1.46. The Labute approximate surface area is 93.0 Å². The second-order valence-electron chi connectivity index (χ2n) is 4.25. The highest BCUT2D eigenvalue weighted by Gasteiger charge is 2.32. The second-order valence-corrected chi connectivity index (χ2v) is 4.25. The fourth-order valence-corrected chi connectivity index (χ4v) is 2.07. The van der Waals surface area contributed by atoms with Crippen LogP contribution < -0.4 is 5.73 Å². The summed E-state index contributed by atoms with van der Waals surface area (Å²) in [6, 6.07) is 1.89. The fourth-order valence-electron chi connectivity index (χ4n) is 2.07. The summed E-state index contributed by atoms with van der Waals surface area (Å²) in [6.07, 6.45) is 5.12. The van der Waals surface area contributed by atoms with Crippen LogP contribution >= 0.6 is 0 Å². The number of nitrogens with two attached hydrogens (primary N) is 1. The Kier molecular flexibility index (Phi) is 2.15. The van der Waals surface area contributed by atoms with Crippen LogP contribution in [0.1, 0.15) is 18.7 Å². The van der Waals surface area contributed by atoms with Crippen LogP contribution in [-0.4, -0.2) is 28.2 Å². The van der Waals surface area contributed by atoms with Gasteiger partial charge in [0.25, 0.3) is 0 Å². The van der Waals surface area contributed by atoms with Crippen LogP contribution in [0.2, 0.25) is 0 Å². The molecule has 0 aromatic carbocycles. The van der Waals surface area contributed by atoms with Gasteiger partial charge in [-0.2, -0.15) is 0 Å². The minimum Gasteiger partial charge on any atom is -0.381 e. The molecule has 3 N–H and O–H groups in total. The molecule has 1 fully saturated rings. The van der Waals surface area contributed by atoms with E-state index < -0.39 is 0 Å². The largest absolute Gasteiger partial charge is 0.381 e. The van der Waals surface area contributed by atoms with E-state index in [0.717, 1.165) is 29.7 Å². The lowest BCUT2D eigenvalue weighted by Gasteiger charge is -2.31. The van der Waals surface area contributed by atoms with Crippen molar-refractivity contribution < 1.29 is 4.74 Å². The van der Waals surface area contributed by atoms with E-state index in [1.807, 2.05) is 6.07 Å². The van der Waals surface area contributed by atoms with Crippen molar-refractivity contribution in [2.24, 2.45) is 5.73 Å². The van der Waals surface area contributed by atoms with Gasteiger partial charge in [-0.15, -0.1) is 0 Å². The summed E-state index contributed by atoms with van der Waals surface area (Å²) >= 11 is 0. The van der Waals surface area contributed by atoms with Crippen LogP contribution in [0.25, 0.3) is 11.0 Å². The number of ether oxygens (including phenoxy) is 1. The highest BCUT2D eigenvalue weighted by atomic mass is 16.5. The minimum atomic E-state index is -0.378. The van der Waals surface area contributed by atoms with Crippen molar-refractivity contribution >= 4 is 11.0 Å². The number of nitrogens with zero attached hydrogens (tertiary/aromatic N) is 2. The molecule has 0 radical (unpaired) electrons. The summed E-state index contributed by atoms with van der Waals surface area (Å²) < 4.78 is 5.33. The van der Waals surface area contributed by atoms with Gasteiger partial charge in [0, 0.05) is 19.4 Å². The SMILES string of the molecule is NC1(c2nc3ccncc3[nH]2)CCOCC1. The number of nitrogens with one attached hydrogen (secondary N) is 1. The van der Waals surface area contributed by atoms with Crippen molar-refractivity contribution in [2.75, 3.05) is 13.2 Å². The molecule has 16 heavy (non-hydrogen) atoms. The van der Waals surface area contributed by atoms with Crippen LogP contribution in [-0.2, 0) is 10.3 Å². The molecule has 2 aromatic heterocycles. The molecule has 0 bridgehead atoms. The summed E-state index contributed by atoms with van der Waals surface area (Å²) in [5, 5.41) is 0. The van der Waals surface area contributed by atoms with Crippen molar-refractivity contribution in [2.45, 2.75) is 18.4 Å². The average Bonchev–Trinajstić information content (AvgIpc) is 2.74. The van der Waals surface area contributed by atoms with Gasteiger partial charge in [-0.3, -0.25) is 4.98 Å². The highest BCUT2D eigenvalue weighted by molar-refractivity contribution is 5.73. The molecule has 0 amide bonds. The number of imidazole rings is 1. The lowest BCUT2D eigenvalue weighted by atomic mass is 9.91. The molecular formula is C11H14N4O. The van der Waals surface area contributed by atoms with Gasteiger partial charge in [-0.1, -0.05) is 0 Å². The average molecular weight is 218 g/mol. The molecule has 0 saturated carbocycles. The lowest BCUT2D eigenvalue weighted by molar-refractivity contribution is 0.0496. The molecule has 84 valence electrons. The molecule has 1 saturated heterocycles. The molecule has 3 heterocycles. The zero-order valence-corrected chi connectivity index (χ0v) is 8.94. The normalized spacial score (nSPS) is 20.1. The van der Waals surface area contributed by atoms with E-state index in [-0.39, 0.29) is 5.54 Å². The van der Waals surface area contributed by atoms with Crippen molar-refractivity contribution in [3.63, 3.8) is 0 Å². The van der Waals surface area contributed by atoms with Gasteiger partial charge in [-0.25, -0.2) is 4.98 Å². The van der Waals surface area contributed by atoms with Crippen LogP contribution in [0.15, 0.2) is 18.5 Å². The molecule has 3 rings (SSSR count). The molecule has 0 unspecified atom stereocenters. The first-order chi connectivity index (χ1) is 7.78. The number of fused-ring (bicyclic) bond motifs is 1. The number of H-pyrrole nitrogens is 1. The number of hydrogen-bond donors (Lipinski definition) is 2. The van der Waals surface area contributed by atoms with Crippen LogP contribution in [0.3, 0.4) is 0 Å². The molecule has 5 heteroatoms. The third-order valence-electron chi connectivity index (χ3n) is 3.14. The van der Waals surface area contributed by atoms with Gasteiger partial charge in [0.15, 0.2) is 0 Å². The molecule has 1 aliphatic rings. The van der Waals surface area contributed by atoms with E-state index in [1.54, 1.807) is 12.4 Å². The summed E-state index contributed by atoms with van der Waals surface area (Å²) in [4.78, 5) is 11.8. The van der Waals surface area contributed by atoms with Crippen molar-refractivity contribution in [3.05, 3.63) is 24.3 Å². The predicted molar refractivity (Wildman–Crippen MR) is 59.8 cm³/mol. The number of pyridine rings is 1. The zero-order chi connectivity index (χ0) is 11.0. The predicted octanol–water partition coefficient (Wildman–Crippen LogP) is 0.922. The minimum absolute atomic E-state index is 0.378. The van der Waals surface area contributed by atoms with Gasteiger partial charge in [-0.05, 0) is 18.9 Å². The molecule has 0 aliphatic carbocycles. The summed E-state index contributed by atoms with van der Waals surface area (Å²) in [5.41, 5.74) is 7.83. The van der Waals surface area contributed by atoms with Crippen molar-refractivity contribution in [1.29, 1.82) is 0 Å². The van der Waals surface area contributed by atoms with E-state index in [9.17, 15) is 0 Å². The fraction of sp³-hybridized carbons (Fsp3) is 0.455. The molecule has 0 spiro atoms. The maximum atomic E-state index is 6.35. The maximum absolute atomic E-state index is 6.35. The highest BCUT2D eigenvalue weighted by Crippen LogP contribution is 2.28. The van der Waals surface area contributed by atoms with Gasteiger partial charge in [0.1, 0.15) is 5.82 Å².